The van der Waals surface area contributed by atoms with Gasteiger partial charge in [-0.25, -0.2) is 9.97 Å². The quantitative estimate of drug-likeness (QED) is 0.431. The fourth-order valence-electron chi connectivity index (χ4n) is 4.62. The van der Waals surface area contributed by atoms with Crippen LogP contribution < -0.4 is 5.73 Å². The smallest absolute Gasteiger partial charge is 0.248 e. The van der Waals surface area contributed by atoms with Crippen LogP contribution in [0.5, 0.6) is 0 Å². The normalized spacial score (nSPS) is 18.1. The van der Waals surface area contributed by atoms with Gasteiger partial charge in [-0.15, -0.1) is 0 Å². The molecule has 1 fully saturated rings. The van der Waals surface area contributed by atoms with E-state index in [1.807, 2.05) is 18.2 Å². The highest BCUT2D eigenvalue weighted by Crippen LogP contribution is 2.37. The van der Waals surface area contributed by atoms with Gasteiger partial charge in [0.25, 0.3) is 0 Å². The first-order valence-corrected chi connectivity index (χ1v) is 11.5. The Labute approximate surface area is 193 Å². The minimum Gasteiger partial charge on any atom is -0.366 e. The second kappa shape index (κ2) is 10.2. The number of amides is 1. The molecular formula is C25H28ClN5O. The van der Waals surface area contributed by atoms with Crippen LogP contribution >= 0.6 is 11.6 Å². The topological polar surface area (TPSA) is 77.0 Å². The van der Waals surface area contributed by atoms with Crippen LogP contribution in [-0.4, -0.2) is 45.0 Å². The first-order chi connectivity index (χ1) is 15.5. The number of benzene rings is 1. The molecule has 2 N–H and O–H groups in total. The largest absolute Gasteiger partial charge is 0.366 e. The van der Waals surface area contributed by atoms with E-state index in [0.717, 1.165) is 48.9 Å². The van der Waals surface area contributed by atoms with Crippen LogP contribution in [0, 0.1) is 17.8 Å². The van der Waals surface area contributed by atoms with Crippen LogP contribution in [0.2, 0.25) is 5.15 Å². The molecule has 3 aromatic rings. The lowest BCUT2D eigenvalue weighted by Gasteiger charge is -2.23. The van der Waals surface area contributed by atoms with Gasteiger partial charge in [-0.2, -0.15) is 0 Å². The van der Waals surface area contributed by atoms with Gasteiger partial charge in [-0.1, -0.05) is 36.4 Å². The molecule has 7 heteroatoms. The van der Waals surface area contributed by atoms with E-state index in [1.165, 1.54) is 12.7 Å². The molecule has 1 aliphatic rings. The molecule has 0 radical (unpaired) electrons. The number of carbonyl (C=O) groups excluding carboxylic acids is 1. The van der Waals surface area contributed by atoms with Crippen molar-refractivity contribution in [2.75, 3.05) is 19.6 Å². The standard InChI is InChI=1S/C25H28ClN5O/c1-2-11-30(12-4-6-18-5-3-7-20(14-18)24(27)32)16-19-8-9-21(15-19)31-13-10-22-23(26)28-17-29-25(22)31/h3,5,7,10,13-14,17,19,21H,2,8-9,11-12,15-16H2,1H3,(H2,27,32). The van der Waals surface area contributed by atoms with E-state index in [1.54, 1.807) is 12.1 Å². The Morgan fingerprint density at radius 2 is 2.19 bits per heavy atom. The fraction of sp³-hybridized carbons (Fsp3) is 0.400. The Morgan fingerprint density at radius 1 is 1.31 bits per heavy atom. The van der Waals surface area contributed by atoms with Crippen LogP contribution in [0.25, 0.3) is 11.0 Å². The summed E-state index contributed by atoms with van der Waals surface area (Å²) in [6, 6.07) is 9.63. The molecule has 2 heterocycles. The molecule has 0 saturated heterocycles. The molecule has 4 rings (SSSR count). The number of nitrogens with two attached hydrogens (primary N) is 1. The first-order valence-electron chi connectivity index (χ1n) is 11.1. The number of rotatable bonds is 7. The maximum Gasteiger partial charge on any atom is 0.248 e. The molecule has 1 amide bonds. The molecule has 166 valence electrons. The SMILES string of the molecule is CCCN(CC#Cc1cccc(C(N)=O)c1)CC1CCC(n2ccc3c(Cl)ncnc32)C1. The fourth-order valence-corrected chi connectivity index (χ4v) is 4.81. The molecule has 2 unspecified atom stereocenters. The van der Waals surface area contributed by atoms with Gasteiger partial charge in [-0.3, -0.25) is 9.69 Å². The summed E-state index contributed by atoms with van der Waals surface area (Å²) in [6.45, 7) is 4.97. The van der Waals surface area contributed by atoms with Gasteiger partial charge < -0.3 is 10.3 Å². The summed E-state index contributed by atoms with van der Waals surface area (Å²) in [4.78, 5) is 22.3. The lowest BCUT2D eigenvalue weighted by molar-refractivity contribution is 0.1000. The van der Waals surface area contributed by atoms with Gasteiger partial charge in [0.05, 0.1) is 11.9 Å². The maximum absolute atomic E-state index is 11.4. The van der Waals surface area contributed by atoms with E-state index in [9.17, 15) is 4.79 Å². The number of hydrogen-bond acceptors (Lipinski definition) is 4. The zero-order valence-electron chi connectivity index (χ0n) is 18.3. The molecule has 0 spiro atoms. The van der Waals surface area contributed by atoms with Crippen molar-refractivity contribution < 1.29 is 4.79 Å². The molecule has 32 heavy (non-hydrogen) atoms. The van der Waals surface area contributed by atoms with Crippen LogP contribution in [0.3, 0.4) is 0 Å². The van der Waals surface area contributed by atoms with Gasteiger partial charge in [0.15, 0.2) is 0 Å². The molecule has 2 aromatic heterocycles. The number of primary amides is 1. The molecule has 2 atom stereocenters. The van der Waals surface area contributed by atoms with E-state index in [4.69, 9.17) is 17.3 Å². The van der Waals surface area contributed by atoms with E-state index < -0.39 is 5.91 Å². The molecular weight excluding hydrogens is 422 g/mol. The molecule has 6 nitrogen and oxygen atoms in total. The van der Waals surface area contributed by atoms with Crippen LogP contribution in [0.15, 0.2) is 42.9 Å². The monoisotopic (exact) mass is 449 g/mol. The predicted octanol–water partition coefficient (Wildman–Crippen LogP) is 4.29. The lowest BCUT2D eigenvalue weighted by Crippen LogP contribution is -2.30. The first kappa shape index (κ1) is 22.3. The maximum atomic E-state index is 11.4. The molecule has 1 aliphatic carbocycles. The van der Waals surface area contributed by atoms with Crippen molar-refractivity contribution in [1.29, 1.82) is 0 Å². The number of halogens is 1. The van der Waals surface area contributed by atoms with Crippen molar-refractivity contribution in [2.24, 2.45) is 11.7 Å². The average molecular weight is 450 g/mol. The Hall–Kier alpha value is -2.88. The third-order valence-electron chi connectivity index (χ3n) is 6.11. The number of aromatic nitrogens is 3. The van der Waals surface area contributed by atoms with Gasteiger partial charge in [0.2, 0.25) is 5.91 Å². The zero-order chi connectivity index (χ0) is 22.5. The highest BCUT2D eigenvalue weighted by Gasteiger charge is 2.28. The Balaban J connectivity index is 1.38. The molecule has 0 bridgehead atoms. The van der Waals surface area contributed by atoms with E-state index in [-0.39, 0.29) is 0 Å². The Morgan fingerprint density at radius 3 is 3.00 bits per heavy atom. The second-order valence-corrected chi connectivity index (χ2v) is 8.80. The van der Waals surface area contributed by atoms with Crippen molar-refractivity contribution in [3.8, 4) is 11.8 Å². The van der Waals surface area contributed by atoms with Crippen molar-refractivity contribution in [1.82, 2.24) is 19.4 Å². The second-order valence-electron chi connectivity index (χ2n) is 8.44. The molecule has 1 aromatic carbocycles. The zero-order valence-corrected chi connectivity index (χ0v) is 19.1. The van der Waals surface area contributed by atoms with E-state index in [0.29, 0.717) is 29.2 Å². The van der Waals surface area contributed by atoms with Gasteiger partial charge in [0.1, 0.15) is 17.1 Å². The summed E-state index contributed by atoms with van der Waals surface area (Å²) in [6.07, 6.45) is 8.17. The van der Waals surface area contributed by atoms with Crippen LogP contribution in [-0.2, 0) is 0 Å². The summed E-state index contributed by atoms with van der Waals surface area (Å²) in [5.41, 5.74) is 7.59. The highest BCUT2D eigenvalue weighted by molar-refractivity contribution is 6.33. The molecule has 1 saturated carbocycles. The van der Waals surface area contributed by atoms with Gasteiger partial charge >= 0.3 is 0 Å². The number of hydrogen-bond donors (Lipinski definition) is 1. The average Bonchev–Trinajstić information content (AvgIpc) is 3.41. The summed E-state index contributed by atoms with van der Waals surface area (Å²) in [5.74, 6) is 6.66. The van der Waals surface area contributed by atoms with Gasteiger partial charge in [0, 0.05) is 29.9 Å². The summed E-state index contributed by atoms with van der Waals surface area (Å²) < 4.78 is 2.26. The summed E-state index contributed by atoms with van der Waals surface area (Å²) in [5, 5.41) is 1.43. The third-order valence-corrected chi connectivity index (χ3v) is 6.41. The molecule has 0 aliphatic heterocycles. The Bertz CT molecular complexity index is 1160. The van der Waals surface area contributed by atoms with Crippen molar-refractivity contribution in [3.05, 3.63) is 59.1 Å². The van der Waals surface area contributed by atoms with Gasteiger partial charge in [-0.05, 0) is 62.4 Å². The minimum atomic E-state index is -0.429. The van der Waals surface area contributed by atoms with Crippen LogP contribution in [0.4, 0.5) is 0 Å². The van der Waals surface area contributed by atoms with Crippen molar-refractivity contribution in [2.45, 2.75) is 38.6 Å². The van der Waals surface area contributed by atoms with E-state index >= 15 is 0 Å². The summed E-state index contributed by atoms with van der Waals surface area (Å²) in [7, 11) is 0. The third kappa shape index (κ3) is 5.12. The number of carbonyl (C=O) groups is 1. The summed E-state index contributed by atoms with van der Waals surface area (Å²) >= 11 is 6.22. The highest BCUT2D eigenvalue weighted by atomic mass is 35.5. The van der Waals surface area contributed by atoms with Crippen molar-refractivity contribution in [3.63, 3.8) is 0 Å². The lowest BCUT2D eigenvalue weighted by atomic mass is 10.1. The van der Waals surface area contributed by atoms with E-state index in [2.05, 4.69) is 44.4 Å². The van der Waals surface area contributed by atoms with Crippen molar-refractivity contribution >= 4 is 28.5 Å². The predicted molar refractivity (Wildman–Crippen MR) is 127 cm³/mol. The van der Waals surface area contributed by atoms with Crippen LogP contribution in [0.1, 0.15) is 54.6 Å². The number of nitrogens with zero attached hydrogens (tertiary/aromatic N) is 4. The number of fused-ring (bicyclic) bond motifs is 1. The Kier molecular flexibility index (Phi) is 7.09. The minimum absolute atomic E-state index is 0.429.